The first kappa shape index (κ1) is 16.8. The smallest absolute Gasteiger partial charge is 0.243 e. The fourth-order valence-corrected chi connectivity index (χ4v) is 2.94. The Balaban J connectivity index is 1.82. The lowest BCUT2D eigenvalue weighted by atomic mass is 9.74. The zero-order chi connectivity index (χ0) is 16.2. The van der Waals surface area contributed by atoms with E-state index in [0.29, 0.717) is 10.7 Å². The second-order valence-corrected chi connectivity index (χ2v) is 6.51. The molecule has 6 heteroatoms. The van der Waals surface area contributed by atoms with Crippen molar-refractivity contribution in [1.82, 2.24) is 5.32 Å². The van der Waals surface area contributed by atoms with Gasteiger partial charge in [0.2, 0.25) is 11.8 Å². The first-order valence-electron chi connectivity index (χ1n) is 7.50. The van der Waals surface area contributed by atoms with E-state index in [9.17, 15) is 9.59 Å². The highest BCUT2D eigenvalue weighted by atomic mass is 35.5. The zero-order valence-corrected chi connectivity index (χ0v) is 13.5. The maximum absolute atomic E-state index is 12.2. The van der Waals surface area contributed by atoms with E-state index in [0.717, 1.165) is 25.7 Å². The standard InChI is InChI=1S/C16H22ClN3O2/c1-16(18)9-3-2-4-13(16)15(22)19-10-14(21)20-12-7-5-11(17)6-8-12/h5-8,13H,2-4,9-10,18H2,1H3,(H,19,22)(H,20,21). The summed E-state index contributed by atoms with van der Waals surface area (Å²) in [7, 11) is 0. The Hall–Kier alpha value is -1.59. The van der Waals surface area contributed by atoms with E-state index < -0.39 is 5.54 Å². The van der Waals surface area contributed by atoms with Gasteiger partial charge < -0.3 is 16.4 Å². The molecule has 1 aromatic rings. The highest BCUT2D eigenvalue weighted by Gasteiger charge is 2.37. The van der Waals surface area contributed by atoms with Gasteiger partial charge in [0.1, 0.15) is 0 Å². The maximum Gasteiger partial charge on any atom is 0.243 e. The Labute approximate surface area is 135 Å². The van der Waals surface area contributed by atoms with Crippen LogP contribution in [0, 0.1) is 5.92 Å². The summed E-state index contributed by atoms with van der Waals surface area (Å²) in [6.45, 7) is 1.85. The van der Waals surface area contributed by atoms with E-state index in [1.165, 1.54) is 0 Å². The van der Waals surface area contributed by atoms with Crippen molar-refractivity contribution in [2.45, 2.75) is 38.1 Å². The van der Waals surface area contributed by atoms with Crippen molar-refractivity contribution in [3.05, 3.63) is 29.3 Å². The molecule has 1 saturated carbocycles. The molecule has 2 amide bonds. The first-order valence-corrected chi connectivity index (χ1v) is 7.88. The van der Waals surface area contributed by atoms with Crippen LogP contribution in [0.25, 0.3) is 0 Å². The number of hydrogen-bond acceptors (Lipinski definition) is 3. The Morgan fingerprint density at radius 3 is 2.64 bits per heavy atom. The van der Waals surface area contributed by atoms with Gasteiger partial charge in [0, 0.05) is 16.2 Å². The molecule has 1 aromatic carbocycles. The number of carbonyl (C=O) groups excluding carboxylic acids is 2. The summed E-state index contributed by atoms with van der Waals surface area (Å²) in [6.07, 6.45) is 3.66. The van der Waals surface area contributed by atoms with Crippen molar-refractivity contribution in [2.24, 2.45) is 11.7 Å². The largest absolute Gasteiger partial charge is 0.347 e. The molecule has 0 spiro atoms. The minimum absolute atomic E-state index is 0.0615. The van der Waals surface area contributed by atoms with E-state index in [-0.39, 0.29) is 24.3 Å². The van der Waals surface area contributed by atoms with Crippen LogP contribution in [0.5, 0.6) is 0 Å². The first-order chi connectivity index (χ1) is 10.4. The van der Waals surface area contributed by atoms with Gasteiger partial charge in [-0.15, -0.1) is 0 Å². The van der Waals surface area contributed by atoms with Crippen LogP contribution in [0.15, 0.2) is 24.3 Å². The molecule has 0 saturated heterocycles. The molecule has 4 N–H and O–H groups in total. The molecule has 0 aliphatic heterocycles. The highest BCUT2D eigenvalue weighted by Crippen LogP contribution is 2.31. The van der Waals surface area contributed by atoms with Crippen LogP contribution in [0.2, 0.25) is 5.02 Å². The summed E-state index contributed by atoms with van der Waals surface area (Å²) < 4.78 is 0. The van der Waals surface area contributed by atoms with Gasteiger partial charge in [-0.05, 0) is 44.0 Å². The van der Waals surface area contributed by atoms with Crippen LogP contribution in [0.4, 0.5) is 5.69 Å². The highest BCUT2D eigenvalue weighted by molar-refractivity contribution is 6.30. The number of anilines is 1. The predicted molar refractivity (Wildman–Crippen MR) is 87.6 cm³/mol. The fourth-order valence-electron chi connectivity index (χ4n) is 2.82. The number of rotatable bonds is 4. The maximum atomic E-state index is 12.2. The molecule has 22 heavy (non-hydrogen) atoms. The van der Waals surface area contributed by atoms with Crippen LogP contribution >= 0.6 is 11.6 Å². The third kappa shape index (κ3) is 4.45. The Bertz CT molecular complexity index is 543. The van der Waals surface area contributed by atoms with Gasteiger partial charge in [0.15, 0.2) is 0 Å². The molecule has 0 bridgehead atoms. The lowest BCUT2D eigenvalue weighted by molar-refractivity contribution is -0.130. The lowest BCUT2D eigenvalue weighted by Gasteiger charge is -2.37. The van der Waals surface area contributed by atoms with Crippen LogP contribution in [0.1, 0.15) is 32.6 Å². The van der Waals surface area contributed by atoms with Crippen LogP contribution < -0.4 is 16.4 Å². The van der Waals surface area contributed by atoms with E-state index in [4.69, 9.17) is 17.3 Å². The van der Waals surface area contributed by atoms with Gasteiger partial charge in [-0.1, -0.05) is 24.4 Å². The van der Waals surface area contributed by atoms with Crippen molar-refractivity contribution < 1.29 is 9.59 Å². The summed E-state index contributed by atoms with van der Waals surface area (Å²) >= 11 is 5.78. The van der Waals surface area contributed by atoms with E-state index in [1.54, 1.807) is 24.3 Å². The van der Waals surface area contributed by atoms with Crippen molar-refractivity contribution in [3.63, 3.8) is 0 Å². The monoisotopic (exact) mass is 323 g/mol. The van der Waals surface area contributed by atoms with Crippen LogP contribution in [-0.4, -0.2) is 23.9 Å². The number of hydrogen-bond donors (Lipinski definition) is 3. The van der Waals surface area contributed by atoms with Gasteiger partial charge >= 0.3 is 0 Å². The van der Waals surface area contributed by atoms with Gasteiger partial charge in [-0.3, -0.25) is 9.59 Å². The average Bonchev–Trinajstić information content (AvgIpc) is 2.47. The fraction of sp³-hybridized carbons (Fsp3) is 0.500. The summed E-state index contributed by atoms with van der Waals surface area (Å²) in [4.78, 5) is 24.1. The number of benzene rings is 1. The Morgan fingerprint density at radius 1 is 1.32 bits per heavy atom. The molecule has 5 nitrogen and oxygen atoms in total. The zero-order valence-electron chi connectivity index (χ0n) is 12.7. The predicted octanol–water partition coefficient (Wildman–Crippen LogP) is 2.30. The summed E-state index contributed by atoms with van der Waals surface area (Å²) in [5.74, 6) is -0.647. The number of nitrogens with two attached hydrogens (primary N) is 1. The third-order valence-electron chi connectivity index (χ3n) is 4.12. The molecule has 2 rings (SSSR count). The lowest BCUT2D eigenvalue weighted by Crippen LogP contribution is -2.53. The second-order valence-electron chi connectivity index (χ2n) is 6.08. The molecule has 2 unspecified atom stereocenters. The number of amides is 2. The second kappa shape index (κ2) is 7.11. The van der Waals surface area contributed by atoms with Crippen molar-refractivity contribution >= 4 is 29.1 Å². The molecule has 0 heterocycles. The van der Waals surface area contributed by atoms with Crippen LogP contribution in [0.3, 0.4) is 0 Å². The molecule has 0 radical (unpaired) electrons. The van der Waals surface area contributed by atoms with Crippen molar-refractivity contribution in [1.29, 1.82) is 0 Å². The minimum atomic E-state index is -0.491. The van der Waals surface area contributed by atoms with Crippen molar-refractivity contribution in [2.75, 3.05) is 11.9 Å². The minimum Gasteiger partial charge on any atom is -0.347 e. The number of carbonyl (C=O) groups is 2. The number of nitrogens with one attached hydrogen (secondary N) is 2. The molecule has 0 aromatic heterocycles. The Kier molecular flexibility index (Phi) is 5.42. The molecular weight excluding hydrogens is 302 g/mol. The Morgan fingerprint density at radius 2 is 2.00 bits per heavy atom. The van der Waals surface area contributed by atoms with Gasteiger partial charge in [-0.25, -0.2) is 0 Å². The van der Waals surface area contributed by atoms with E-state index >= 15 is 0 Å². The molecule has 2 atom stereocenters. The third-order valence-corrected chi connectivity index (χ3v) is 4.37. The van der Waals surface area contributed by atoms with Gasteiger partial charge in [-0.2, -0.15) is 0 Å². The number of halogens is 1. The molecule has 1 aliphatic carbocycles. The molecular formula is C16H22ClN3O2. The van der Waals surface area contributed by atoms with E-state index in [2.05, 4.69) is 10.6 Å². The summed E-state index contributed by atoms with van der Waals surface area (Å²) in [5.41, 5.74) is 6.35. The quantitative estimate of drug-likeness (QED) is 0.795. The van der Waals surface area contributed by atoms with E-state index in [1.807, 2.05) is 6.92 Å². The molecule has 1 fully saturated rings. The SMILES string of the molecule is CC1(N)CCCCC1C(=O)NCC(=O)Nc1ccc(Cl)cc1. The molecule has 1 aliphatic rings. The topological polar surface area (TPSA) is 84.2 Å². The molecule has 120 valence electrons. The van der Waals surface area contributed by atoms with Gasteiger partial charge in [0.25, 0.3) is 0 Å². The summed E-state index contributed by atoms with van der Waals surface area (Å²) in [5, 5.41) is 5.99. The van der Waals surface area contributed by atoms with Crippen molar-refractivity contribution in [3.8, 4) is 0 Å². The summed E-state index contributed by atoms with van der Waals surface area (Å²) in [6, 6.07) is 6.80. The average molecular weight is 324 g/mol. The van der Waals surface area contributed by atoms with Crippen LogP contribution in [-0.2, 0) is 9.59 Å². The normalized spacial score (nSPS) is 24.6. The van der Waals surface area contributed by atoms with Gasteiger partial charge in [0.05, 0.1) is 12.5 Å².